The normalized spacial score (nSPS) is 22.5. The van der Waals surface area contributed by atoms with Crippen molar-refractivity contribution in [3.63, 3.8) is 0 Å². The van der Waals surface area contributed by atoms with Crippen molar-refractivity contribution < 1.29 is 14.4 Å². The van der Waals surface area contributed by atoms with Gasteiger partial charge < -0.3 is 5.32 Å². The van der Waals surface area contributed by atoms with Gasteiger partial charge in [-0.3, -0.25) is 19.7 Å². The van der Waals surface area contributed by atoms with E-state index in [1.165, 1.54) is 31.0 Å². The van der Waals surface area contributed by atoms with Crippen molar-refractivity contribution in [3.05, 3.63) is 29.8 Å². The monoisotopic (exact) mass is 360 g/mol. The largest absolute Gasteiger partial charge is 0.351 e. The summed E-state index contributed by atoms with van der Waals surface area (Å²) >= 11 is 1.28. The molecular formula is C19H24N2O3S. The Morgan fingerprint density at radius 3 is 2.64 bits per heavy atom. The molecule has 2 aliphatic rings. The van der Waals surface area contributed by atoms with Crippen molar-refractivity contribution in [2.24, 2.45) is 5.41 Å². The van der Waals surface area contributed by atoms with E-state index in [2.05, 4.69) is 17.6 Å². The number of benzene rings is 1. The van der Waals surface area contributed by atoms with Gasteiger partial charge in [0.25, 0.3) is 5.91 Å². The highest BCUT2D eigenvalue weighted by atomic mass is 32.2. The molecule has 5 nitrogen and oxygen atoms in total. The lowest BCUT2D eigenvalue weighted by molar-refractivity contribution is -0.124. The van der Waals surface area contributed by atoms with Gasteiger partial charge in [0.05, 0.1) is 10.8 Å². The van der Waals surface area contributed by atoms with Crippen molar-refractivity contribution in [2.75, 3.05) is 6.54 Å². The predicted octanol–water partition coefficient (Wildman–Crippen LogP) is 2.89. The molecule has 2 fully saturated rings. The highest BCUT2D eigenvalue weighted by Crippen LogP contribution is 2.35. The zero-order valence-corrected chi connectivity index (χ0v) is 15.3. The van der Waals surface area contributed by atoms with Crippen LogP contribution in [0, 0.1) is 5.41 Å². The summed E-state index contributed by atoms with van der Waals surface area (Å²) in [6, 6.07) is 7.27. The van der Waals surface area contributed by atoms with Gasteiger partial charge in [0, 0.05) is 17.9 Å². The molecule has 3 amide bonds. The first-order valence-corrected chi connectivity index (χ1v) is 9.72. The zero-order valence-electron chi connectivity index (χ0n) is 14.5. The van der Waals surface area contributed by atoms with E-state index < -0.39 is 5.25 Å². The molecular weight excluding hydrogens is 336 g/mol. The molecule has 1 saturated carbocycles. The van der Waals surface area contributed by atoms with Crippen LogP contribution in [0.5, 0.6) is 0 Å². The molecule has 134 valence electrons. The van der Waals surface area contributed by atoms with Crippen LogP contribution < -0.4 is 10.6 Å². The molecule has 1 aliphatic heterocycles. The van der Waals surface area contributed by atoms with E-state index in [9.17, 15) is 14.4 Å². The highest BCUT2D eigenvalue weighted by molar-refractivity contribution is 8.00. The first kappa shape index (κ1) is 18.0. The van der Waals surface area contributed by atoms with Crippen molar-refractivity contribution in [3.8, 4) is 0 Å². The Hall–Kier alpha value is -1.82. The van der Waals surface area contributed by atoms with E-state index in [1.807, 2.05) is 18.2 Å². The van der Waals surface area contributed by atoms with E-state index >= 15 is 0 Å². The Bertz CT molecular complexity index is 683. The number of thioether (sulfide) groups is 1. The van der Waals surface area contributed by atoms with Crippen molar-refractivity contribution in [1.82, 2.24) is 10.6 Å². The lowest BCUT2D eigenvalue weighted by atomic mass is 9.76. The molecule has 2 N–H and O–H groups in total. The van der Waals surface area contributed by atoms with Crippen LogP contribution in [0.3, 0.4) is 0 Å². The lowest BCUT2D eigenvalue weighted by Gasteiger charge is -2.33. The van der Waals surface area contributed by atoms with Gasteiger partial charge in [-0.15, -0.1) is 11.8 Å². The second-order valence-corrected chi connectivity index (χ2v) is 8.52. The maximum absolute atomic E-state index is 12.7. The molecule has 1 atom stereocenters. The van der Waals surface area contributed by atoms with Gasteiger partial charge in [-0.05, 0) is 30.4 Å². The average Bonchev–Trinajstić information content (AvgIpc) is 2.91. The summed E-state index contributed by atoms with van der Waals surface area (Å²) in [7, 11) is 0. The SMILES string of the molecule is CC1(CNC(=O)c2ccccc2SC2CC(=O)NC2=O)CCCCC1. The summed E-state index contributed by atoms with van der Waals surface area (Å²) < 4.78 is 0. The number of hydrogen-bond donors (Lipinski definition) is 2. The number of nitrogens with one attached hydrogen (secondary N) is 2. The maximum atomic E-state index is 12.7. The summed E-state index contributed by atoms with van der Waals surface area (Å²) in [6.07, 6.45) is 6.19. The Labute approximate surface area is 152 Å². The quantitative estimate of drug-likeness (QED) is 0.792. The molecule has 0 spiro atoms. The summed E-state index contributed by atoms with van der Waals surface area (Å²) in [6.45, 7) is 2.91. The lowest BCUT2D eigenvalue weighted by Crippen LogP contribution is -2.37. The van der Waals surface area contributed by atoms with Crippen LogP contribution >= 0.6 is 11.8 Å². The topological polar surface area (TPSA) is 75.3 Å². The fraction of sp³-hybridized carbons (Fsp3) is 0.526. The first-order valence-electron chi connectivity index (χ1n) is 8.84. The smallest absolute Gasteiger partial charge is 0.252 e. The second kappa shape index (κ2) is 7.60. The van der Waals surface area contributed by atoms with Crippen LogP contribution in [-0.4, -0.2) is 29.5 Å². The van der Waals surface area contributed by atoms with Crippen LogP contribution in [0.25, 0.3) is 0 Å². The van der Waals surface area contributed by atoms with E-state index in [0.29, 0.717) is 12.1 Å². The molecule has 1 unspecified atom stereocenters. The van der Waals surface area contributed by atoms with Crippen LogP contribution in [0.15, 0.2) is 29.2 Å². The zero-order chi connectivity index (χ0) is 17.9. The van der Waals surface area contributed by atoms with Crippen LogP contribution in [-0.2, 0) is 9.59 Å². The van der Waals surface area contributed by atoms with Gasteiger partial charge in [-0.1, -0.05) is 38.3 Å². The summed E-state index contributed by atoms with van der Waals surface area (Å²) in [4.78, 5) is 36.6. The summed E-state index contributed by atoms with van der Waals surface area (Å²) in [5.41, 5.74) is 0.743. The summed E-state index contributed by atoms with van der Waals surface area (Å²) in [5, 5.41) is 4.92. The van der Waals surface area contributed by atoms with Gasteiger partial charge in [-0.2, -0.15) is 0 Å². The minimum absolute atomic E-state index is 0.111. The first-order chi connectivity index (χ1) is 12.0. The minimum Gasteiger partial charge on any atom is -0.351 e. The Kier molecular flexibility index (Phi) is 5.47. The number of carbonyl (C=O) groups excluding carboxylic acids is 3. The van der Waals surface area contributed by atoms with Gasteiger partial charge in [-0.25, -0.2) is 0 Å². The Morgan fingerprint density at radius 1 is 1.24 bits per heavy atom. The Morgan fingerprint density at radius 2 is 1.96 bits per heavy atom. The molecule has 1 heterocycles. The number of carbonyl (C=O) groups is 3. The van der Waals surface area contributed by atoms with Gasteiger partial charge in [0.1, 0.15) is 0 Å². The molecule has 25 heavy (non-hydrogen) atoms. The Balaban J connectivity index is 1.66. The van der Waals surface area contributed by atoms with Crippen molar-refractivity contribution in [1.29, 1.82) is 0 Å². The molecule has 0 bridgehead atoms. The van der Waals surface area contributed by atoms with E-state index in [-0.39, 0.29) is 29.6 Å². The maximum Gasteiger partial charge on any atom is 0.252 e. The third kappa shape index (κ3) is 4.42. The molecule has 3 rings (SSSR count). The molecule has 0 radical (unpaired) electrons. The van der Waals surface area contributed by atoms with Crippen LogP contribution in [0.1, 0.15) is 55.8 Å². The molecule has 6 heteroatoms. The van der Waals surface area contributed by atoms with Gasteiger partial charge in [0.15, 0.2) is 0 Å². The minimum atomic E-state index is -0.461. The van der Waals surface area contributed by atoms with Gasteiger partial charge in [0.2, 0.25) is 11.8 Å². The number of imide groups is 1. The fourth-order valence-electron chi connectivity index (χ4n) is 3.51. The van der Waals surface area contributed by atoms with Crippen molar-refractivity contribution in [2.45, 2.75) is 55.6 Å². The average molecular weight is 360 g/mol. The van der Waals surface area contributed by atoms with E-state index in [1.54, 1.807) is 6.07 Å². The molecule has 0 aromatic heterocycles. The molecule has 1 saturated heterocycles. The second-order valence-electron chi connectivity index (χ2n) is 7.27. The number of amides is 3. The van der Waals surface area contributed by atoms with E-state index in [4.69, 9.17) is 0 Å². The highest BCUT2D eigenvalue weighted by Gasteiger charge is 2.32. The number of rotatable bonds is 5. The predicted molar refractivity (Wildman–Crippen MR) is 97.4 cm³/mol. The third-order valence-corrected chi connectivity index (χ3v) is 6.34. The van der Waals surface area contributed by atoms with E-state index in [0.717, 1.165) is 17.7 Å². The molecule has 1 aliphatic carbocycles. The fourth-order valence-corrected chi connectivity index (χ4v) is 4.66. The number of hydrogen-bond acceptors (Lipinski definition) is 4. The third-order valence-electron chi connectivity index (χ3n) is 5.06. The van der Waals surface area contributed by atoms with Crippen molar-refractivity contribution >= 4 is 29.5 Å². The molecule has 1 aromatic carbocycles. The van der Waals surface area contributed by atoms with Gasteiger partial charge >= 0.3 is 0 Å². The standard InChI is InChI=1S/C19H24N2O3S/c1-19(9-5-2-6-10-19)12-20-17(23)13-7-3-4-8-14(13)25-15-11-16(22)21-18(15)24/h3-4,7-8,15H,2,5-6,9-12H2,1H3,(H,20,23)(H,21,22,24). The van der Waals surface area contributed by atoms with Crippen LogP contribution in [0.2, 0.25) is 0 Å². The summed E-state index contributed by atoms with van der Waals surface area (Å²) in [5.74, 6) is -0.644. The van der Waals surface area contributed by atoms with Crippen LogP contribution in [0.4, 0.5) is 0 Å². The molecule has 1 aromatic rings.